The van der Waals surface area contributed by atoms with Crippen LogP contribution >= 0.6 is 0 Å². The van der Waals surface area contributed by atoms with E-state index in [1.165, 1.54) is 30.5 Å². The Hall–Kier alpha value is -3.33. The Labute approximate surface area is 154 Å². The van der Waals surface area contributed by atoms with E-state index in [1.807, 2.05) is 0 Å². The fourth-order valence-electron chi connectivity index (χ4n) is 3.03. The van der Waals surface area contributed by atoms with Gasteiger partial charge in [-0.1, -0.05) is 24.3 Å². The van der Waals surface area contributed by atoms with Crippen LogP contribution in [0.5, 0.6) is 0 Å². The molecule has 1 aliphatic rings. The van der Waals surface area contributed by atoms with E-state index in [4.69, 9.17) is 0 Å². The molecule has 0 bridgehead atoms. The van der Waals surface area contributed by atoms with Crippen molar-refractivity contribution in [3.63, 3.8) is 0 Å². The molecule has 0 spiro atoms. The van der Waals surface area contributed by atoms with Crippen LogP contribution in [0.25, 0.3) is 0 Å². The van der Waals surface area contributed by atoms with Crippen LogP contribution in [0.3, 0.4) is 0 Å². The van der Waals surface area contributed by atoms with E-state index in [0.717, 1.165) is 11.1 Å². The number of hydrogen-bond acceptors (Lipinski definition) is 6. The van der Waals surface area contributed by atoms with E-state index >= 15 is 0 Å². The van der Waals surface area contributed by atoms with Gasteiger partial charge in [-0.3, -0.25) is 25.5 Å². The van der Waals surface area contributed by atoms with Crippen LogP contribution in [0.1, 0.15) is 11.1 Å². The van der Waals surface area contributed by atoms with Gasteiger partial charge in [-0.05, 0) is 11.1 Å². The van der Waals surface area contributed by atoms with Gasteiger partial charge in [-0.2, -0.15) is 0 Å². The molecule has 27 heavy (non-hydrogen) atoms. The molecule has 0 unspecified atom stereocenters. The van der Waals surface area contributed by atoms with Crippen LogP contribution in [0.2, 0.25) is 0 Å². The fraction of sp³-hybridized carbons (Fsp3) is 0.222. The second-order valence-corrected chi connectivity index (χ2v) is 6.37. The first kappa shape index (κ1) is 18.5. The van der Waals surface area contributed by atoms with Crippen molar-refractivity contribution in [2.24, 2.45) is 0 Å². The molecular formula is C18H17FN4O4. The average molecular weight is 372 g/mol. The molecular weight excluding hydrogens is 355 g/mol. The largest absolute Gasteiger partial charge is 0.370 e. The average Bonchev–Trinajstić information content (AvgIpc) is 2.65. The van der Waals surface area contributed by atoms with Crippen molar-refractivity contribution >= 4 is 11.4 Å². The van der Waals surface area contributed by atoms with Gasteiger partial charge in [-0.15, -0.1) is 0 Å². The van der Waals surface area contributed by atoms with Gasteiger partial charge in [0.2, 0.25) is 0 Å². The molecule has 8 nitrogen and oxygen atoms in total. The van der Waals surface area contributed by atoms with Gasteiger partial charge in [0, 0.05) is 43.3 Å². The topological polar surface area (TPSA) is 110 Å². The van der Waals surface area contributed by atoms with Crippen LogP contribution < -0.4 is 10.6 Å². The number of benzene rings is 2. The van der Waals surface area contributed by atoms with Gasteiger partial charge in [0.05, 0.1) is 22.1 Å². The van der Waals surface area contributed by atoms with E-state index in [1.54, 1.807) is 24.3 Å². The van der Waals surface area contributed by atoms with Crippen molar-refractivity contribution in [1.82, 2.24) is 10.6 Å². The molecule has 0 atom stereocenters. The molecule has 0 radical (unpaired) electrons. The Kier molecular flexibility index (Phi) is 5.13. The van der Waals surface area contributed by atoms with Crippen LogP contribution in [0, 0.1) is 20.2 Å². The fourth-order valence-corrected chi connectivity index (χ4v) is 3.03. The first-order chi connectivity index (χ1) is 12.9. The zero-order chi connectivity index (χ0) is 19.4. The number of nitro benzene ring substituents is 2. The number of nitrogens with one attached hydrogen (secondary N) is 2. The lowest BCUT2D eigenvalue weighted by atomic mass is 9.91. The number of rotatable bonds is 6. The number of halogens is 1. The summed E-state index contributed by atoms with van der Waals surface area (Å²) in [5, 5.41) is 27.8. The molecule has 0 aromatic heterocycles. The van der Waals surface area contributed by atoms with E-state index in [9.17, 15) is 24.6 Å². The molecule has 1 aliphatic heterocycles. The summed E-state index contributed by atoms with van der Waals surface area (Å²) in [6.07, 6.45) is 2.17. The molecule has 2 N–H and O–H groups in total. The normalized spacial score (nSPS) is 15.5. The summed E-state index contributed by atoms with van der Waals surface area (Å²) in [7, 11) is 0. The van der Waals surface area contributed by atoms with Gasteiger partial charge in [-0.25, -0.2) is 4.39 Å². The number of nitrogens with zero attached hydrogens (tertiary/aromatic N) is 2. The monoisotopic (exact) mass is 372 g/mol. The molecule has 2 aromatic carbocycles. The molecule has 140 valence electrons. The highest BCUT2D eigenvalue weighted by Gasteiger charge is 2.32. The highest BCUT2D eigenvalue weighted by atomic mass is 19.1. The van der Waals surface area contributed by atoms with Gasteiger partial charge in [0.15, 0.2) is 0 Å². The zero-order valence-corrected chi connectivity index (χ0v) is 14.2. The van der Waals surface area contributed by atoms with Crippen LogP contribution in [-0.4, -0.2) is 22.1 Å². The van der Waals surface area contributed by atoms with Crippen molar-refractivity contribution in [1.29, 1.82) is 0 Å². The molecule has 0 aliphatic carbocycles. The van der Waals surface area contributed by atoms with Gasteiger partial charge < -0.3 is 5.32 Å². The maximum atomic E-state index is 13.5. The third kappa shape index (κ3) is 4.45. The lowest BCUT2D eigenvalue weighted by molar-refractivity contribution is -0.385. The van der Waals surface area contributed by atoms with Crippen LogP contribution in [0.4, 0.5) is 15.8 Å². The van der Waals surface area contributed by atoms with Crippen molar-refractivity contribution in [3.8, 4) is 0 Å². The Balaban J connectivity index is 1.83. The summed E-state index contributed by atoms with van der Waals surface area (Å²) in [6.45, 7) is 0.0486. The summed E-state index contributed by atoms with van der Waals surface area (Å²) in [6, 6.07) is 12.3. The summed E-state index contributed by atoms with van der Waals surface area (Å²) in [5.41, 5.74) is 0.941. The lowest BCUT2D eigenvalue weighted by Gasteiger charge is -2.38. The second-order valence-electron chi connectivity index (χ2n) is 6.37. The molecule has 0 saturated heterocycles. The predicted octanol–water partition coefficient (Wildman–Crippen LogP) is 2.99. The molecule has 3 rings (SSSR count). The molecule has 0 fully saturated rings. The molecule has 9 heteroatoms. The minimum Gasteiger partial charge on any atom is -0.370 e. The van der Waals surface area contributed by atoms with Gasteiger partial charge in [0.25, 0.3) is 11.4 Å². The highest BCUT2D eigenvalue weighted by Crippen LogP contribution is 2.23. The molecule has 0 amide bonds. The first-order valence-corrected chi connectivity index (χ1v) is 8.21. The molecule has 1 heterocycles. The Morgan fingerprint density at radius 3 is 1.67 bits per heavy atom. The van der Waals surface area contributed by atoms with Gasteiger partial charge in [0.1, 0.15) is 5.83 Å². The summed E-state index contributed by atoms with van der Waals surface area (Å²) >= 11 is 0. The highest BCUT2D eigenvalue weighted by molar-refractivity contribution is 5.36. The van der Waals surface area contributed by atoms with E-state index in [-0.39, 0.29) is 23.7 Å². The molecule has 0 saturated carbocycles. The summed E-state index contributed by atoms with van der Waals surface area (Å²) < 4.78 is 13.5. The summed E-state index contributed by atoms with van der Waals surface area (Å²) in [5.74, 6) is -0.335. The predicted molar refractivity (Wildman–Crippen MR) is 96.7 cm³/mol. The Bertz CT molecular complexity index is 822. The van der Waals surface area contributed by atoms with E-state index < -0.39 is 15.5 Å². The first-order valence-electron chi connectivity index (χ1n) is 8.21. The lowest BCUT2D eigenvalue weighted by Crippen LogP contribution is -2.60. The minimum absolute atomic E-state index is 0.00123. The minimum atomic E-state index is -0.720. The van der Waals surface area contributed by atoms with Gasteiger partial charge >= 0.3 is 0 Å². The maximum Gasteiger partial charge on any atom is 0.269 e. The molecule has 2 aromatic rings. The number of nitro groups is 2. The number of non-ortho nitro benzene ring substituents is 2. The second kappa shape index (κ2) is 7.50. The third-order valence-corrected chi connectivity index (χ3v) is 4.41. The SMILES string of the molecule is O=[N+]([O-])c1ccc(CC2(Cc3ccc([N+](=O)[O-])cc3)NC=C(F)CN2)cc1. The zero-order valence-electron chi connectivity index (χ0n) is 14.2. The van der Waals surface area contributed by atoms with Crippen LogP contribution in [-0.2, 0) is 12.8 Å². The van der Waals surface area contributed by atoms with E-state index in [0.29, 0.717) is 12.8 Å². The smallest absolute Gasteiger partial charge is 0.269 e. The standard InChI is InChI=1S/C18H17FN4O4/c19-15-11-20-18(21-12-15,9-13-1-5-16(6-2-13)22(24)25)10-14-3-7-17(8-4-14)23(26)27/h1-8,11,20-21H,9-10,12H2. The van der Waals surface area contributed by atoms with Crippen molar-refractivity contribution in [2.45, 2.75) is 18.5 Å². The van der Waals surface area contributed by atoms with Crippen LogP contribution in [0.15, 0.2) is 60.6 Å². The summed E-state index contributed by atoms with van der Waals surface area (Å²) in [4.78, 5) is 20.7. The Morgan fingerprint density at radius 2 is 1.33 bits per heavy atom. The third-order valence-electron chi connectivity index (χ3n) is 4.41. The van der Waals surface area contributed by atoms with E-state index in [2.05, 4.69) is 10.6 Å². The van der Waals surface area contributed by atoms with Crippen molar-refractivity contribution < 1.29 is 14.2 Å². The Morgan fingerprint density at radius 1 is 0.889 bits per heavy atom. The number of hydrogen-bond donors (Lipinski definition) is 2. The maximum absolute atomic E-state index is 13.5. The van der Waals surface area contributed by atoms with Crippen molar-refractivity contribution in [2.75, 3.05) is 6.54 Å². The quantitative estimate of drug-likeness (QED) is 0.596. The van der Waals surface area contributed by atoms with Crippen molar-refractivity contribution in [3.05, 3.63) is 91.9 Å².